The molecule has 1 saturated heterocycles. The zero-order valence-corrected chi connectivity index (χ0v) is 12.5. The first-order valence-corrected chi connectivity index (χ1v) is 7.90. The fourth-order valence-corrected chi connectivity index (χ4v) is 3.58. The Bertz CT molecular complexity index is 254. The number of rotatable bonds is 3. The molecule has 0 radical (unpaired) electrons. The van der Waals surface area contributed by atoms with E-state index in [1.807, 2.05) is 0 Å². The van der Waals surface area contributed by atoms with E-state index in [4.69, 9.17) is 0 Å². The van der Waals surface area contributed by atoms with Crippen molar-refractivity contribution >= 4 is 0 Å². The van der Waals surface area contributed by atoms with Crippen LogP contribution in [0.1, 0.15) is 59.3 Å². The van der Waals surface area contributed by atoms with Crippen LogP contribution in [0.4, 0.5) is 0 Å². The summed E-state index contributed by atoms with van der Waals surface area (Å²) in [5, 5.41) is 10.2. The smallest absolute Gasteiger partial charge is 0.0580 e. The highest BCUT2D eigenvalue weighted by atomic mass is 16.3. The van der Waals surface area contributed by atoms with Crippen molar-refractivity contribution in [3.63, 3.8) is 0 Å². The van der Waals surface area contributed by atoms with Crippen molar-refractivity contribution < 1.29 is 5.11 Å². The highest BCUT2D eigenvalue weighted by molar-refractivity contribution is 4.84. The second-order valence-corrected chi connectivity index (χ2v) is 7.38. The lowest BCUT2D eigenvalue weighted by atomic mass is 9.77. The van der Waals surface area contributed by atoms with Crippen LogP contribution >= 0.6 is 0 Å². The minimum absolute atomic E-state index is 0.0391. The molecule has 3 atom stereocenters. The Labute approximate surface area is 113 Å². The van der Waals surface area contributed by atoms with Crippen molar-refractivity contribution in [1.29, 1.82) is 0 Å². The molecular formula is C16H31NO. The second-order valence-electron chi connectivity index (χ2n) is 7.38. The predicted octanol–water partition coefficient (Wildman–Crippen LogP) is 3.30. The van der Waals surface area contributed by atoms with Crippen LogP contribution in [0.15, 0.2) is 0 Å². The zero-order chi connectivity index (χ0) is 13.2. The van der Waals surface area contributed by atoms with Gasteiger partial charge in [0.25, 0.3) is 0 Å². The number of aliphatic hydroxyl groups is 1. The van der Waals surface area contributed by atoms with E-state index in [1.165, 1.54) is 45.2 Å². The fraction of sp³-hybridized carbons (Fsp3) is 1.00. The number of nitrogens with zero attached hydrogens (tertiary/aromatic N) is 1. The molecule has 0 spiro atoms. The summed E-state index contributed by atoms with van der Waals surface area (Å²) in [6.07, 6.45) is 7.39. The summed E-state index contributed by atoms with van der Waals surface area (Å²) in [6.45, 7) is 10.6. The summed E-state index contributed by atoms with van der Waals surface area (Å²) < 4.78 is 0. The van der Waals surface area contributed by atoms with E-state index in [2.05, 4.69) is 25.7 Å². The molecule has 1 aliphatic carbocycles. The third-order valence-corrected chi connectivity index (χ3v) is 5.33. The highest BCUT2D eigenvalue weighted by Crippen LogP contribution is 2.34. The molecule has 3 unspecified atom stereocenters. The summed E-state index contributed by atoms with van der Waals surface area (Å²) in [5.41, 5.74) is 0.535. The van der Waals surface area contributed by atoms with Crippen molar-refractivity contribution in [2.24, 2.45) is 17.3 Å². The van der Waals surface area contributed by atoms with Gasteiger partial charge in [-0.3, -0.25) is 0 Å². The largest absolute Gasteiger partial charge is 0.393 e. The van der Waals surface area contributed by atoms with E-state index in [0.717, 1.165) is 18.9 Å². The first-order chi connectivity index (χ1) is 8.50. The molecule has 1 N–H and O–H groups in total. The molecule has 2 nitrogen and oxygen atoms in total. The lowest BCUT2D eigenvalue weighted by molar-refractivity contribution is 0.0152. The molecular weight excluding hydrogens is 222 g/mol. The van der Waals surface area contributed by atoms with Crippen LogP contribution in [0, 0.1) is 17.3 Å². The molecule has 1 aliphatic heterocycles. The number of hydrogen-bond donors (Lipinski definition) is 1. The van der Waals surface area contributed by atoms with Gasteiger partial charge in [-0.25, -0.2) is 0 Å². The van der Waals surface area contributed by atoms with Gasteiger partial charge in [0.1, 0.15) is 0 Å². The Morgan fingerprint density at radius 1 is 1.17 bits per heavy atom. The molecule has 2 aliphatic rings. The van der Waals surface area contributed by atoms with Crippen molar-refractivity contribution in [2.75, 3.05) is 19.6 Å². The van der Waals surface area contributed by atoms with E-state index >= 15 is 0 Å². The Balaban J connectivity index is 1.81. The summed E-state index contributed by atoms with van der Waals surface area (Å²) in [6, 6.07) is 0. The molecule has 18 heavy (non-hydrogen) atoms. The van der Waals surface area contributed by atoms with Crippen LogP contribution in [0.5, 0.6) is 0 Å². The van der Waals surface area contributed by atoms with Gasteiger partial charge < -0.3 is 10.0 Å². The summed E-state index contributed by atoms with van der Waals surface area (Å²) in [7, 11) is 0. The molecule has 1 saturated carbocycles. The third kappa shape index (κ3) is 3.71. The minimum atomic E-state index is -0.0391. The first kappa shape index (κ1) is 14.3. The van der Waals surface area contributed by atoms with E-state index < -0.39 is 0 Å². The number of piperidine rings is 1. The molecule has 0 aromatic heterocycles. The quantitative estimate of drug-likeness (QED) is 0.834. The van der Waals surface area contributed by atoms with E-state index in [0.29, 0.717) is 11.3 Å². The van der Waals surface area contributed by atoms with Crippen molar-refractivity contribution in [3.8, 4) is 0 Å². The predicted molar refractivity (Wildman–Crippen MR) is 76.6 cm³/mol. The SMILES string of the molecule is CCC1CCC(O)C(CN2CCC(C)(C)CC2)C1. The van der Waals surface area contributed by atoms with Crippen LogP contribution in [0.2, 0.25) is 0 Å². The zero-order valence-electron chi connectivity index (χ0n) is 12.5. The van der Waals surface area contributed by atoms with Gasteiger partial charge in [0, 0.05) is 6.54 Å². The fourth-order valence-electron chi connectivity index (χ4n) is 3.58. The van der Waals surface area contributed by atoms with E-state index in [1.54, 1.807) is 0 Å². The Morgan fingerprint density at radius 2 is 1.83 bits per heavy atom. The minimum Gasteiger partial charge on any atom is -0.393 e. The van der Waals surface area contributed by atoms with Gasteiger partial charge in [0.15, 0.2) is 0 Å². The van der Waals surface area contributed by atoms with Crippen LogP contribution in [-0.4, -0.2) is 35.7 Å². The van der Waals surface area contributed by atoms with Crippen molar-refractivity contribution in [3.05, 3.63) is 0 Å². The molecule has 0 aromatic carbocycles. The lowest BCUT2D eigenvalue weighted by Gasteiger charge is -2.41. The van der Waals surface area contributed by atoms with Gasteiger partial charge in [-0.2, -0.15) is 0 Å². The van der Waals surface area contributed by atoms with E-state index in [9.17, 15) is 5.11 Å². The average molecular weight is 253 g/mol. The molecule has 1 heterocycles. The molecule has 106 valence electrons. The lowest BCUT2D eigenvalue weighted by Crippen LogP contribution is -2.43. The summed E-state index contributed by atoms with van der Waals surface area (Å²) >= 11 is 0. The van der Waals surface area contributed by atoms with Crippen molar-refractivity contribution in [2.45, 2.75) is 65.4 Å². The maximum atomic E-state index is 10.2. The van der Waals surface area contributed by atoms with Crippen LogP contribution in [-0.2, 0) is 0 Å². The van der Waals surface area contributed by atoms with Gasteiger partial charge in [-0.05, 0) is 62.4 Å². The van der Waals surface area contributed by atoms with Gasteiger partial charge in [-0.1, -0.05) is 27.2 Å². The molecule has 2 rings (SSSR count). The second kappa shape index (κ2) is 5.92. The monoisotopic (exact) mass is 253 g/mol. The molecule has 0 aromatic rings. The number of aliphatic hydroxyl groups excluding tert-OH is 1. The van der Waals surface area contributed by atoms with Gasteiger partial charge >= 0.3 is 0 Å². The molecule has 2 heteroatoms. The average Bonchev–Trinajstić information content (AvgIpc) is 2.34. The van der Waals surface area contributed by atoms with E-state index in [-0.39, 0.29) is 6.10 Å². The van der Waals surface area contributed by atoms with Crippen LogP contribution in [0.25, 0.3) is 0 Å². The highest BCUT2D eigenvalue weighted by Gasteiger charge is 2.32. The third-order valence-electron chi connectivity index (χ3n) is 5.33. The standard InChI is InChI=1S/C16H31NO/c1-4-13-5-6-15(18)14(11-13)12-17-9-7-16(2,3)8-10-17/h13-15,18H,4-12H2,1-3H3. The van der Waals surface area contributed by atoms with Crippen LogP contribution < -0.4 is 0 Å². The van der Waals surface area contributed by atoms with Gasteiger partial charge in [0.05, 0.1) is 6.10 Å². The van der Waals surface area contributed by atoms with Crippen molar-refractivity contribution in [1.82, 2.24) is 4.90 Å². The Kier molecular flexibility index (Phi) is 4.71. The normalized spacial score (nSPS) is 37.7. The summed E-state index contributed by atoms with van der Waals surface area (Å²) in [4.78, 5) is 2.59. The molecule has 0 bridgehead atoms. The molecule has 2 fully saturated rings. The maximum Gasteiger partial charge on any atom is 0.0580 e. The maximum absolute atomic E-state index is 10.2. The number of likely N-dealkylation sites (tertiary alicyclic amines) is 1. The van der Waals surface area contributed by atoms with Gasteiger partial charge in [-0.15, -0.1) is 0 Å². The Hall–Kier alpha value is -0.0800. The summed E-state index contributed by atoms with van der Waals surface area (Å²) in [5.74, 6) is 1.39. The Morgan fingerprint density at radius 3 is 2.44 bits per heavy atom. The van der Waals surface area contributed by atoms with Gasteiger partial charge in [0.2, 0.25) is 0 Å². The number of hydrogen-bond acceptors (Lipinski definition) is 2. The first-order valence-electron chi connectivity index (χ1n) is 7.90. The molecule has 0 amide bonds. The topological polar surface area (TPSA) is 23.5 Å². The van der Waals surface area contributed by atoms with Crippen LogP contribution in [0.3, 0.4) is 0 Å².